The molecule has 0 unspecified atom stereocenters. The highest BCUT2D eigenvalue weighted by Crippen LogP contribution is 2.08. The molecule has 0 aliphatic carbocycles. The van der Waals surface area contributed by atoms with Crippen LogP contribution in [-0.4, -0.2) is 22.0 Å². The Kier molecular flexibility index (Phi) is 3.94. The standard InChI is InChI=1S/C14H17N3O2/c1-3-7-16-13(18)10(2)17-9-6-12-11(14(17)19)5-4-8-15-12/h4-6,8-10H,3,7H2,1-2H3,(H,16,18)/t10-/m1/s1. The quantitative estimate of drug-likeness (QED) is 0.904. The number of nitrogens with one attached hydrogen (secondary N) is 1. The van der Waals surface area contributed by atoms with Crippen LogP contribution in [0.1, 0.15) is 26.3 Å². The Balaban J connectivity index is 2.37. The topological polar surface area (TPSA) is 64.0 Å². The lowest BCUT2D eigenvalue weighted by molar-refractivity contribution is -0.123. The van der Waals surface area contributed by atoms with Crippen LogP contribution in [0, 0.1) is 0 Å². The molecular formula is C14H17N3O2. The van der Waals surface area contributed by atoms with Gasteiger partial charge in [0.25, 0.3) is 5.56 Å². The molecule has 0 bridgehead atoms. The van der Waals surface area contributed by atoms with E-state index in [1.54, 1.807) is 37.5 Å². The van der Waals surface area contributed by atoms with Crippen molar-refractivity contribution in [2.24, 2.45) is 0 Å². The third kappa shape index (κ3) is 2.65. The number of amides is 1. The zero-order valence-corrected chi connectivity index (χ0v) is 11.1. The molecule has 0 saturated carbocycles. The molecule has 0 fully saturated rings. The molecule has 1 atom stereocenters. The maximum absolute atomic E-state index is 12.3. The summed E-state index contributed by atoms with van der Waals surface area (Å²) in [5.41, 5.74) is 0.453. The second-order valence-corrected chi connectivity index (χ2v) is 4.43. The Morgan fingerprint density at radius 3 is 3.00 bits per heavy atom. The number of nitrogens with zero attached hydrogens (tertiary/aromatic N) is 2. The fourth-order valence-corrected chi connectivity index (χ4v) is 1.92. The first-order chi connectivity index (χ1) is 9.15. The van der Waals surface area contributed by atoms with Crippen molar-refractivity contribution < 1.29 is 4.79 Å². The minimum atomic E-state index is -0.524. The number of rotatable bonds is 4. The highest BCUT2D eigenvalue weighted by atomic mass is 16.2. The highest BCUT2D eigenvalue weighted by molar-refractivity contribution is 5.81. The van der Waals surface area contributed by atoms with Gasteiger partial charge in [-0.2, -0.15) is 0 Å². The van der Waals surface area contributed by atoms with Gasteiger partial charge in [-0.05, 0) is 31.5 Å². The third-order valence-corrected chi connectivity index (χ3v) is 3.04. The summed E-state index contributed by atoms with van der Waals surface area (Å²) in [5, 5.41) is 3.32. The Hall–Kier alpha value is -2.17. The normalized spacial score (nSPS) is 12.3. The van der Waals surface area contributed by atoms with Gasteiger partial charge in [0, 0.05) is 18.9 Å². The van der Waals surface area contributed by atoms with Crippen LogP contribution >= 0.6 is 0 Å². The van der Waals surface area contributed by atoms with Crippen LogP contribution in [0.25, 0.3) is 10.9 Å². The number of pyridine rings is 2. The molecule has 2 aromatic rings. The van der Waals surface area contributed by atoms with Gasteiger partial charge >= 0.3 is 0 Å². The fourth-order valence-electron chi connectivity index (χ4n) is 1.92. The Morgan fingerprint density at radius 1 is 1.47 bits per heavy atom. The van der Waals surface area contributed by atoms with Gasteiger partial charge in [-0.3, -0.25) is 14.6 Å². The van der Waals surface area contributed by atoms with E-state index in [-0.39, 0.29) is 11.5 Å². The summed E-state index contributed by atoms with van der Waals surface area (Å²) in [6, 6.07) is 4.66. The number of fused-ring (bicyclic) bond motifs is 1. The van der Waals surface area contributed by atoms with Gasteiger partial charge < -0.3 is 9.88 Å². The molecule has 2 aromatic heterocycles. The highest BCUT2D eigenvalue weighted by Gasteiger charge is 2.16. The van der Waals surface area contributed by atoms with Crippen molar-refractivity contribution in [2.45, 2.75) is 26.3 Å². The fraction of sp³-hybridized carbons (Fsp3) is 0.357. The lowest BCUT2D eigenvalue weighted by Crippen LogP contribution is -2.35. The summed E-state index contributed by atoms with van der Waals surface area (Å²) in [6.07, 6.45) is 4.13. The Morgan fingerprint density at radius 2 is 2.26 bits per heavy atom. The molecule has 100 valence electrons. The number of hydrogen-bond donors (Lipinski definition) is 1. The first-order valence-electron chi connectivity index (χ1n) is 6.38. The van der Waals surface area contributed by atoms with Crippen molar-refractivity contribution in [3.63, 3.8) is 0 Å². The van der Waals surface area contributed by atoms with Crippen LogP contribution < -0.4 is 10.9 Å². The molecular weight excluding hydrogens is 242 g/mol. The average Bonchev–Trinajstić information content (AvgIpc) is 2.44. The molecule has 2 rings (SSSR count). The van der Waals surface area contributed by atoms with Gasteiger partial charge in [0.2, 0.25) is 5.91 Å². The zero-order valence-electron chi connectivity index (χ0n) is 11.1. The number of aromatic nitrogens is 2. The second-order valence-electron chi connectivity index (χ2n) is 4.43. The predicted molar refractivity (Wildman–Crippen MR) is 74.0 cm³/mol. The van der Waals surface area contributed by atoms with Crippen LogP contribution in [0.2, 0.25) is 0 Å². The van der Waals surface area contributed by atoms with Crippen LogP contribution in [0.3, 0.4) is 0 Å². The van der Waals surface area contributed by atoms with Gasteiger partial charge in [0.05, 0.1) is 10.9 Å². The van der Waals surface area contributed by atoms with E-state index in [0.29, 0.717) is 17.4 Å². The smallest absolute Gasteiger partial charge is 0.260 e. The lowest BCUT2D eigenvalue weighted by Gasteiger charge is -2.15. The van der Waals surface area contributed by atoms with Crippen LogP contribution in [0.4, 0.5) is 0 Å². The van der Waals surface area contributed by atoms with E-state index in [1.165, 1.54) is 4.57 Å². The SMILES string of the molecule is CCCNC(=O)[C@@H](C)n1ccc2ncccc2c1=O. The van der Waals surface area contributed by atoms with Crippen molar-refractivity contribution in [1.82, 2.24) is 14.9 Å². The first kappa shape index (κ1) is 13.3. The third-order valence-electron chi connectivity index (χ3n) is 3.04. The largest absolute Gasteiger partial charge is 0.354 e. The zero-order chi connectivity index (χ0) is 13.8. The van der Waals surface area contributed by atoms with Gasteiger partial charge in [-0.15, -0.1) is 0 Å². The van der Waals surface area contributed by atoms with E-state index in [1.807, 2.05) is 6.92 Å². The van der Waals surface area contributed by atoms with E-state index < -0.39 is 6.04 Å². The molecule has 0 radical (unpaired) electrons. The van der Waals surface area contributed by atoms with E-state index in [2.05, 4.69) is 10.3 Å². The second kappa shape index (κ2) is 5.65. The maximum Gasteiger partial charge on any atom is 0.260 e. The molecule has 19 heavy (non-hydrogen) atoms. The van der Waals surface area contributed by atoms with Crippen LogP contribution in [-0.2, 0) is 4.79 Å². The molecule has 0 spiro atoms. The van der Waals surface area contributed by atoms with E-state index >= 15 is 0 Å². The van der Waals surface area contributed by atoms with E-state index in [4.69, 9.17) is 0 Å². The average molecular weight is 259 g/mol. The molecule has 1 amide bonds. The summed E-state index contributed by atoms with van der Waals surface area (Å²) in [5.74, 6) is -0.146. The Labute approximate surface area is 111 Å². The van der Waals surface area contributed by atoms with E-state index in [9.17, 15) is 9.59 Å². The van der Waals surface area contributed by atoms with Crippen molar-refractivity contribution in [3.8, 4) is 0 Å². The summed E-state index contributed by atoms with van der Waals surface area (Å²) in [7, 11) is 0. The van der Waals surface area contributed by atoms with Crippen molar-refractivity contribution in [1.29, 1.82) is 0 Å². The first-order valence-corrected chi connectivity index (χ1v) is 6.38. The molecule has 5 heteroatoms. The van der Waals surface area contributed by atoms with Gasteiger partial charge in [0.1, 0.15) is 6.04 Å². The molecule has 2 heterocycles. The van der Waals surface area contributed by atoms with Crippen LogP contribution in [0.5, 0.6) is 0 Å². The molecule has 0 saturated heterocycles. The molecule has 0 aromatic carbocycles. The summed E-state index contributed by atoms with van der Waals surface area (Å²) < 4.78 is 1.44. The van der Waals surface area contributed by atoms with Gasteiger partial charge in [0.15, 0.2) is 0 Å². The summed E-state index contributed by atoms with van der Waals surface area (Å²) >= 11 is 0. The minimum absolute atomic E-state index is 0.146. The number of carbonyl (C=O) groups excluding carboxylic acids is 1. The maximum atomic E-state index is 12.3. The molecule has 0 aliphatic rings. The minimum Gasteiger partial charge on any atom is -0.354 e. The monoisotopic (exact) mass is 259 g/mol. The molecule has 0 aliphatic heterocycles. The van der Waals surface area contributed by atoms with Gasteiger partial charge in [-0.25, -0.2) is 0 Å². The molecule has 1 N–H and O–H groups in total. The van der Waals surface area contributed by atoms with Crippen molar-refractivity contribution >= 4 is 16.8 Å². The Bertz CT molecular complexity index is 648. The van der Waals surface area contributed by atoms with E-state index in [0.717, 1.165) is 6.42 Å². The van der Waals surface area contributed by atoms with Gasteiger partial charge in [-0.1, -0.05) is 6.92 Å². The van der Waals surface area contributed by atoms with Crippen molar-refractivity contribution in [2.75, 3.05) is 6.54 Å². The predicted octanol–water partition coefficient (Wildman–Crippen LogP) is 1.48. The van der Waals surface area contributed by atoms with Crippen molar-refractivity contribution in [3.05, 3.63) is 40.9 Å². The molecule has 5 nitrogen and oxygen atoms in total. The lowest BCUT2D eigenvalue weighted by atomic mass is 10.2. The number of carbonyl (C=O) groups is 1. The summed E-state index contributed by atoms with van der Waals surface area (Å²) in [4.78, 5) is 28.3. The summed E-state index contributed by atoms with van der Waals surface area (Å²) in [6.45, 7) is 4.32. The van der Waals surface area contributed by atoms with Crippen LogP contribution in [0.15, 0.2) is 35.4 Å². The number of hydrogen-bond acceptors (Lipinski definition) is 3.